The van der Waals surface area contributed by atoms with Gasteiger partial charge in [-0.3, -0.25) is 9.63 Å². The summed E-state index contributed by atoms with van der Waals surface area (Å²) in [4.78, 5) is 19.6. The molecule has 0 saturated carbocycles. The molecule has 1 saturated heterocycles. The number of anilines is 1. The summed E-state index contributed by atoms with van der Waals surface area (Å²) < 4.78 is 45.2. The van der Waals surface area contributed by atoms with Gasteiger partial charge >= 0.3 is 0 Å². The zero-order valence-electron chi connectivity index (χ0n) is 26.3. The Hall–Kier alpha value is -3.64. The number of hydrogen-bond donors (Lipinski definition) is 1. The summed E-state index contributed by atoms with van der Waals surface area (Å²) in [6, 6.07) is 21.3. The Morgan fingerprint density at radius 1 is 1.02 bits per heavy atom. The Labute approximate surface area is 258 Å². The van der Waals surface area contributed by atoms with Crippen LogP contribution in [0.15, 0.2) is 71.9 Å². The highest BCUT2D eigenvalue weighted by molar-refractivity contribution is 6.99. The lowest BCUT2D eigenvalue weighted by Gasteiger charge is -2.43. The van der Waals surface area contributed by atoms with E-state index in [-0.39, 0.29) is 29.5 Å². The highest BCUT2D eigenvalue weighted by atomic mass is 28.4. The predicted octanol–water partition coefficient (Wildman–Crippen LogP) is 4.85. The molecule has 1 N–H and O–H groups in total. The van der Waals surface area contributed by atoms with E-state index < -0.39 is 37.1 Å². The van der Waals surface area contributed by atoms with Crippen LogP contribution in [0.1, 0.15) is 45.7 Å². The number of rotatable bonds is 9. The van der Waals surface area contributed by atoms with Crippen LogP contribution in [0.2, 0.25) is 5.04 Å². The second kappa shape index (κ2) is 13.6. The van der Waals surface area contributed by atoms with Crippen LogP contribution in [-0.4, -0.2) is 69.7 Å². The molecule has 44 heavy (non-hydrogen) atoms. The van der Waals surface area contributed by atoms with Crippen LogP contribution in [0.5, 0.6) is 0 Å². The first-order chi connectivity index (χ1) is 20.8. The van der Waals surface area contributed by atoms with Crippen molar-refractivity contribution in [2.45, 2.75) is 58.5 Å². The van der Waals surface area contributed by atoms with Gasteiger partial charge in [0.25, 0.3) is 14.2 Å². The first-order valence-electron chi connectivity index (χ1n) is 14.6. The molecule has 3 aromatic rings. The molecule has 0 aliphatic carbocycles. The van der Waals surface area contributed by atoms with Crippen molar-refractivity contribution in [2.24, 2.45) is 5.16 Å². The molecule has 1 aliphatic rings. The van der Waals surface area contributed by atoms with Crippen LogP contribution in [-0.2, 0) is 25.4 Å². The third kappa shape index (κ3) is 6.41. The first-order valence-corrected chi connectivity index (χ1v) is 16.5. The number of ether oxygens (including phenoxy) is 1. The van der Waals surface area contributed by atoms with E-state index in [1.807, 2.05) is 74.5 Å². The average Bonchev–Trinajstić information content (AvgIpc) is 2.99. The molecule has 0 bridgehead atoms. The zero-order chi connectivity index (χ0) is 32.2. The Morgan fingerprint density at radius 2 is 1.55 bits per heavy atom. The summed E-state index contributed by atoms with van der Waals surface area (Å²) in [5.74, 6) is -3.43. The minimum absolute atomic E-state index is 0.0241. The number of morpholine rings is 1. The van der Waals surface area contributed by atoms with Crippen molar-refractivity contribution in [2.75, 3.05) is 32.1 Å². The number of oxime groups is 1. The third-order valence-corrected chi connectivity index (χ3v) is 13.0. The SMILES string of the molecule is CON(C)C(=O)/C(=N\O)c1cc(CO[Si](c2ccccc2)(c2ccccc2)C(C)(C)C)c(N2C[C@@H](C)O[C@@H](C)C2)c(F)c1F. The van der Waals surface area contributed by atoms with Crippen molar-refractivity contribution in [3.63, 3.8) is 0 Å². The fourth-order valence-electron chi connectivity index (χ4n) is 6.05. The molecule has 0 unspecified atom stereocenters. The smallest absolute Gasteiger partial charge is 0.299 e. The maximum atomic E-state index is 16.3. The van der Waals surface area contributed by atoms with Crippen molar-refractivity contribution in [1.82, 2.24) is 5.06 Å². The van der Waals surface area contributed by atoms with Gasteiger partial charge in [-0.15, -0.1) is 0 Å². The van der Waals surface area contributed by atoms with E-state index in [0.717, 1.165) is 15.4 Å². The summed E-state index contributed by atoms with van der Waals surface area (Å²) in [5.41, 5.74) is -0.871. The van der Waals surface area contributed by atoms with Crippen LogP contribution in [0, 0.1) is 11.6 Å². The van der Waals surface area contributed by atoms with Gasteiger partial charge < -0.3 is 19.3 Å². The number of nitrogens with zero attached hydrogens (tertiary/aromatic N) is 3. The van der Waals surface area contributed by atoms with E-state index in [0.29, 0.717) is 18.7 Å². The molecule has 3 aromatic carbocycles. The number of hydroxylamine groups is 2. The van der Waals surface area contributed by atoms with Gasteiger partial charge in [0.05, 0.1) is 31.6 Å². The molecule has 0 radical (unpaired) electrons. The van der Waals surface area contributed by atoms with E-state index >= 15 is 8.78 Å². The number of carbonyl (C=O) groups is 1. The van der Waals surface area contributed by atoms with Crippen molar-refractivity contribution < 1.29 is 32.8 Å². The Balaban J connectivity index is 1.94. The van der Waals surface area contributed by atoms with E-state index in [1.165, 1.54) is 20.2 Å². The fraction of sp³-hybridized carbons (Fsp3) is 0.394. The van der Waals surface area contributed by atoms with Gasteiger partial charge in [-0.05, 0) is 35.3 Å². The van der Waals surface area contributed by atoms with E-state index in [4.69, 9.17) is 14.0 Å². The van der Waals surface area contributed by atoms with Gasteiger partial charge in [0.1, 0.15) is 0 Å². The van der Waals surface area contributed by atoms with Crippen molar-refractivity contribution >= 4 is 36.0 Å². The maximum absolute atomic E-state index is 16.3. The topological polar surface area (TPSA) is 83.8 Å². The summed E-state index contributed by atoms with van der Waals surface area (Å²) in [6.07, 6.45) is -0.476. The lowest BCUT2D eigenvalue weighted by atomic mass is 10.0. The number of carbonyl (C=O) groups excluding carboxylic acids is 1. The van der Waals surface area contributed by atoms with Crippen LogP contribution in [0.25, 0.3) is 0 Å². The Morgan fingerprint density at radius 3 is 2.00 bits per heavy atom. The molecule has 1 fully saturated rings. The van der Waals surface area contributed by atoms with Crippen molar-refractivity contribution in [3.05, 3.63) is 89.5 Å². The molecule has 11 heteroatoms. The van der Waals surface area contributed by atoms with Crippen LogP contribution in [0.3, 0.4) is 0 Å². The zero-order valence-corrected chi connectivity index (χ0v) is 27.3. The van der Waals surface area contributed by atoms with Crippen LogP contribution < -0.4 is 15.3 Å². The maximum Gasteiger partial charge on any atom is 0.299 e. The molecule has 2 atom stereocenters. The Bertz CT molecular complexity index is 1430. The van der Waals surface area contributed by atoms with Gasteiger partial charge in [-0.2, -0.15) is 0 Å². The molecule has 8 nitrogen and oxygen atoms in total. The molecule has 4 rings (SSSR count). The van der Waals surface area contributed by atoms with Crippen LogP contribution >= 0.6 is 0 Å². The minimum atomic E-state index is -3.10. The second-order valence-electron chi connectivity index (χ2n) is 12.1. The number of amides is 1. The molecule has 1 amide bonds. The van der Waals surface area contributed by atoms with Gasteiger partial charge in [0, 0.05) is 31.3 Å². The molecule has 1 heterocycles. The molecular formula is C33H41F2N3O5Si. The number of benzene rings is 3. The summed E-state index contributed by atoms with van der Waals surface area (Å²) in [6.45, 7) is 10.6. The van der Waals surface area contributed by atoms with Gasteiger partial charge in [-0.25, -0.2) is 13.8 Å². The lowest BCUT2D eigenvalue weighted by molar-refractivity contribution is -0.160. The standard InChI is InChI=1S/C33H41F2N3O5Si/c1-22-19-38(20-23(2)43-22)31-24(18-27(28(34)29(31)35)30(36-40)32(39)37(6)41-7)21-42-44(33(3,4)5,25-14-10-8-11-15-25)26-16-12-9-13-17-26/h8-18,22-23,40H,19-21H2,1-7H3/b36-30-/t22-,23+. The van der Waals surface area contributed by atoms with Crippen molar-refractivity contribution in [1.29, 1.82) is 0 Å². The third-order valence-electron chi connectivity index (χ3n) is 7.97. The molecule has 236 valence electrons. The van der Waals surface area contributed by atoms with Crippen LogP contribution in [0.4, 0.5) is 14.5 Å². The molecular weight excluding hydrogens is 584 g/mol. The van der Waals surface area contributed by atoms with Gasteiger partial charge in [0.2, 0.25) is 0 Å². The predicted molar refractivity (Wildman–Crippen MR) is 169 cm³/mol. The quantitative estimate of drug-likeness (QED) is 0.158. The van der Waals surface area contributed by atoms with Gasteiger partial charge in [-0.1, -0.05) is 86.6 Å². The summed E-state index contributed by atoms with van der Waals surface area (Å²) in [5, 5.41) is 15.3. The number of halogens is 2. The normalized spacial score (nSPS) is 17.9. The second-order valence-corrected chi connectivity index (χ2v) is 16.4. The first kappa shape index (κ1) is 33.3. The fourth-order valence-corrected chi connectivity index (χ4v) is 10.6. The minimum Gasteiger partial charge on any atom is -0.410 e. The van der Waals surface area contributed by atoms with Crippen molar-refractivity contribution in [3.8, 4) is 0 Å². The largest absolute Gasteiger partial charge is 0.410 e. The molecule has 0 spiro atoms. The van der Waals surface area contributed by atoms with E-state index in [2.05, 4.69) is 25.9 Å². The highest BCUT2D eigenvalue weighted by Gasteiger charge is 2.50. The van der Waals surface area contributed by atoms with E-state index in [1.54, 1.807) is 4.90 Å². The average molecular weight is 626 g/mol. The number of likely N-dealkylation sites (N-methyl/N-ethyl adjacent to an activating group) is 1. The summed E-state index contributed by atoms with van der Waals surface area (Å²) in [7, 11) is -0.585. The summed E-state index contributed by atoms with van der Waals surface area (Å²) >= 11 is 0. The highest BCUT2D eigenvalue weighted by Crippen LogP contribution is 2.39. The van der Waals surface area contributed by atoms with E-state index in [9.17, 15) is 10.0 Å². The van der Waals surface area contributed by atoms with Gasteiger partial charge in [0.15, 0.2) is 17.3 Å². The monoisotopic (exact) mass is 625 g/mol. The lowest BCUT2D eigenvalue weighted by Crippen LogP contribution is -2.66. The number of hydrogen-bond acceptors (Lipinski definition) is 7. The Kier molecular flexibility index (Phi) is 10.2. The molecule has 1 aliphatic heterocycles. The molecule has 0 aromatic heterocycles.